The summed E-state index contributed by atoms with van der Waals surface area (Å²) in [7, 11) is 0. The summed E-state index contributed by atoms with van der Waals surface area (Å²) in [6.45, 7) is 0.335. The number of amides is 1. The lowest BCUT2D eigenvalue weighted by Crippen LogP contribution is -2.18. The summed E-state index contributed by atoms with van der Waals surface area (Å²) in [4.78, 5) is 16.0. The first-order valence-corrected chi connectivity index (χ1v) is 10.8. The van der Waals surface area contributed by atoms with Crippen LogP contribution >= 0.6 is 56.8 Å². The van der Waals surface area contributed by atoms with Crippen LogP contribution in [-0.4, -0.2) is 17.1 Å². The van der Waals surface area contributed by atoms with E-state index in [0.29, 0.717) is 6.61 Å². The first kappa shape index (κ1) is 21.9. The first-order valence-electron chi connectivity index (χ1n) is 8.24. The minimum Gasteiger partial charge on any atom is -0.487 e. The van der Waals surface area contributed by atoms with Crippen molar-refractivity contribution in [2.45, 2.75) is 6.61 Å². The molecule has 0 radical (unpaired) electrons. The van der Waals surface area contributed by atoms with Crippen LogP contribution in [0.4, 0.5) is 4.39 Å². The van der Waals surface area contributed by atoms with E-state index in [1.807, 2.05) is 12.1 Å². The Morgan fingerprint density at radius 1 is 1.21 bits per heavy atom. The summed E-state index contributed by atoms with van der Waals surface area (Å²) < 4.78 is 20.7. The van der Waals surface area contributed by atoms with Gasteiger partial charge >= 0.3 is 0 Å². The van der Waals surface area contributed by atoms with E-state index >= 15 is 0 Å². The van der Waals surface area contributed by atoms with Gasteiger partial charge in [-0.2, -0.15) is 5.10 Å². The zero-order chi connectivity index (χ0) is 20.8. The zero-order valence-corrected chi connectivity index (χ0v) is 19.8. The Bertz CT molecular complexity index is 1040. The molecule has 0 unspecified atom stereocenters. The van der Waals surface area contributed by atoms with Gasteiger partial charge in [-0.25, -0.2) is 14.8 Å². The molecule has 0 aliphatic carbocycles. The van der Waals surface area contributed by atoms with E-state index in [-0.39, 0.29) is 16.5 Å². The van der Waals surface area contributed by atoms with Crippen LogP contribution in [0.2, 0.25) is 5.15 Å². The Morgan fingerprint density at radius 3 is 2.55 bits per heavy atom. The van der Waals surface area contributed by atoms with Crippen LogP contribution in [0.1, 0.15) is 21.5 Å². The predicted molar refractivity (Wildman–Crippen MR) is 127 cm³/mol. The standard InChI is InChI=1S/C20H13ClFI2N3O2/c21-19-15(2-1-7-25-19)20(28)27-26-10-13-8-16(23)18(17(24)9-13)29-11-12-3-5-14(22)6-4-12/h1-10H,11H2,(H,27,28). The number of benzene rings is 2. The monoisotopic (exact) mass is 635 g/mol. The number of hydrogen-bond acceptors (Lipinski definition) is 4. The average Bonchev–Trinajstić information content (AvgIpc) is 2.69. The van der Waals surface area contributed by atoms with Crippen LogP contribution in [-0.2, 0) is 6.61 Å². The second-order valence-electron chi connectivity index (χ2n) is 5.77. The van der Waals surface area contributed by atoms with Gasteiger partial charge < -0.3 is 4.74 Å². The number of hydrogen-bond donors (Lipinski definition) is 1. The van der Waals surface area contributed by atoms with Crippen LogP contribution in [0.15, 0.2) is 59.8 Å². The topological polar surface area (TPSA) is 63.6 Å². The van der Waals surface area contributed by atoms with Crippen LogP contribution in [0, 0.1) is 13.0 Å². The van der Waals surface area contributed by atoms with E-state index in [1.54, 1.807) is 24.3 Å². The molecule has 9 heteroatoms. The Balaban J connectivity index is 1.65. The maximum atomic E-state index is 13.0. The van der Waals surface area contributed by atoms with Crippen molar-refractivity contribution in [3.05, 3.63) is 89.5 Å². The molecule has 0 fully saturated rings. The third-order valence-corrected chi connectivity index (χ3v) is 5.60. The lowest BCUT2D eigenvalue weighted by atomic mass is 10.2. The summed E-state index contributed by atoms with van der Waals surface area (Å²) in [5.41, 5.74) is 4.35. The lowest BCUT2D eigenvalue weighted by molar-refractivity contribution is 0.0955. The number of nitrogens with zero attached hydrogens (tertiary/aromatic N) is 2. The van der Waals surface area contributed by atoms with Gasteiger partial charge in [0.15, 0.2) is 0 Å². The van der Waals surface area contributed by atoms with Crippen LogP contribution in [0.25, 0.3) is 0 Å². The highest BCUT2D eigenvalue weighted by atomic mass is 127. The molecule has 3 aromatic rings. The summed E-state index contributed by atoms with van der Waals surface area (Å²) >= 11 is 10.2. The van der Waals surface area contributed by atoms with E-state index < -0.39 is 5.91 Å². The first-order chi connectivity index (χ1) is 13.9. The van der Waals surface area contributed by atoms with Crippen molar-refractivity contribution in [1.82, 2.24) is 10.4 Å². The molecule has 29 heavy (non-hydrogen) atoms. The molecule has 1 N–H and O–H groups in total. The van der Waals surface area contributed by atoms with E-state index in [1.165, 1.54) is 24.5 Å². The fourth-order valence-electron chi connectivity index (χ4n) is 2.31. The van der Waals surface area contributed by atoms with E-state index in [9.17, 15) is 9.18 Å². The fourth-order valence-corrected chi connectivity index (χ4v) is 4.64. The maximum Gasteiger partial charge on any atom is 0.274 e. The van der Waals surface area contributed by atoms with E-state index in [0.717, 1.165) is 24.0 Å². The molecule has 0 spiro atoms. The molecule has 148 valence electrons. The fraction of sp³-hybridized carbons (Fsp3) is 0.0500. The van der Waals surface area contributed by atoms with Crippen molar-refractivity contribution >= 4 is 68.9 Å². The maximum absolute atomic E-state index is 13.0. The molecule has 0 saturated carbocycles. The van der Waals surface area contributed by atoms with Crippen molar-refractivity contribution in [1.29, 1.82) is 0 Å². The number of rotatable bonds is 6. The number of ether oxygens (including phenoxy) is 1. The number of nitrogens with one attached hydrogen (secondary N) is 1. The van der Waals surface area contributed by atoms with E-state index in [4.69, 9.17) is 16.3 Å². The Morgan fingerprint density at radius 2 is 1.90 bits per heavy atom. The number of carbonyl (C=O) groups excluding carboxylic acids is 1. The third kappa shape index (κ3) is 6.09. The molecular weight excluding hydrogens is 622 g/mol. The Hall–Kier alpha value is -1.79. The van der Waals surface area contributed by atoms with Crippen molar-refractivity contribution in [3.8, 4) is 5.75 Å². The zero-order valence-electron chi connectivity index (χ0n) is 14.7. The summed E-state index contributed by atoms with van der Waals surface area (Å²) in [6, 6.07) is 13.1. The van der Waals surface area contributed by atoms with Crippen LogP contribution in [0.5, 0.6) is 5.75 Å². The lowest BCUT2D eigenvalue weighted by Gasteiger charge is -2.11. The normalized spacial score (nSPS) is 10.9. The molecule has 0 atom stereocenters. The molecule has 0 aliphatic heterocycles. The molecule has 1 amide bonds. The van der Waals surface area contributed by atoms with Crippen molar-refractivity contribution < 1.29 is 13.9 Å². The summed E-state index contributed by atoms with van der Waals surface area (Å²) in [5.74, 6) is 0.0151. The number of halogens is 4. The molecule has 0 aliphatic rings. The molecule has 1 heterocycles. The van der Waals surface area contributed by atoms with Gasteiger partial charge in [-0.15, -0.1) is 0 Å². The van der Waals surface area contributed by atoms with Crippen LogP contribution in [0.3, 0.4) is 0 Å². The third-order valence-electron chi connectivity index (χ3n) is 3.70. The molecular formula is C20H13ClFI2N3O2. The minimum absolute atomic E-state index is 0.118. The Kier molecular flexibility index (Phi) is 7.78. The second-order valence-corrected chi connectivity index (χ2v) is 8.45. The second kappa shape index (κ2) is 10.3. The smallest absolute Gasteiger partial charge is 0.274 e. The number of carbonyl (C=O) groups is 1. The Labute approximate surface area is 199 Å². The SMILES string of the molecule is O=C(NN=Cc1cc(I)c(OCc2ccc(F)cc2)c(I)c1)c1cccnc1Cl. The van der Waals surface area contributed by atoms with Gasteiger partial charge in [0, 0.05) is 6.20 Å². The number of pyridine rings is 1. The van der Waals surface area contributed by atoms with Crippen molar-refractivity contribution in [3.63, 3.8) is 0 Å². The molecule has 0 saturated heterocycles. The predicted octanol–water partition coefficient (Wildman–Crippen LogP) is 5.43. The van der Waals surface area contributed by atoms with Gasteiger partial charge in [-0.05, 0) is 92.7 Å². The summed E-state index contributed by atoms with van der Waals surface area (Å²) in [5, 5.41) is 4.10. The highest BCUT2D eigenvalue weighted by molar-refractivity contribution is 14.1. The largest absolute Gasteiger partial charge is 0.487 e. The molecule has 1 aromatic heterocycles. The summed E-state index contributed by atoms with van der Waals surface area (Å²) in [6.07, 6.45) is 3.04. The number of hydrazone groups is 1. The highest BCUT2D eigenvalue weighted by Gasteiger charge is 2.11. The van der Waals surface area contributed by atoms with Gasteiger partial charge in [-0.1, -0.05) is 23.7 Å². The quantitative estimate of drug-likeness (QED) is 0.170. The van der Waals surface area contributed by atoms with Gasteiger partial charge in [0.1, 0.15) is 23.3 Å². The average molecular weight is 636 g/mol. The minimum atomic E-state index is -0.442. The number of aromatic nitrogens is 1. The van der Waals surface area contributed by atoms with Crippen molar-refractivity contribution in [2.75, 3.05) is 0 Å². The highest BCUT2D eigenvalue weighted by Crippen LogP contribution is 2.29. The van der Waals surface area contributed by atoms with Gasteiger partial charge in [0.25, 0.3) is 5.91 Å². The van der Waals surface area contributed by atoms with Crippen LogP contribution < -0.4 is 10.2 Å². The van der Waals surface area contributed by atoms with E-state index in [2.05, 4.69) is 60.7 Å². The van der Waals surface area contributed by atoms with Gasteiger partial charge in [0.05, 0.1) is 18.9 Å². The molecule has 5 nitrogen and oxygen atoms in total. The molecule has 3 rings (SSSR count). The van der Waals surface area contributed by atoms with Gasteiger partial charge in [0.2, 0.25) is 0 Å². The molecule has 0 bridgehead atoms. The van der Waals surface area contributed by atoms with Crippen molar-refractivity contribution in [2.24, 2.45) is 5.10 Å². The van der Waals surface area contributed by atoms with Gasteiger partial charge in [-0.3, -0.25) is 4.79 Å². The molecule has 2 aromatic carbocycles.